The highest BCUT2D eigenvalue weighted by Crippen LogP contribution is 2.31. The number of carbonyl (C=O) groups excluding carboxylic acids is 1. The van der Waals surface area contributed by atoms with E-state index in [-0.39, 0.29) is 11.0 Å². The van der Waals surface area contributed by atoms with Crippen molar-refractivity contribution >= 4 is 23.4 Å². The van der Waals surface area contributed by atoms with Crippen molar-refractivity contribution in [2.24, 2.45) is 4.99 Å². The fourth-order valence-corrected chi connectivity index (χ4v) is 5.07. The number of ether oxygens (including phenoxy) is 2. The van der Waals surface area contributed by atoms with Crippen LogP contribution in [0.4, 0.5) is 0 Å². The molecule has 0 N–H and O–H groups in total. The van der Waals surface area contributed by atoms with Crippen LogP contribution in [0, 0.1) is 0 Å². The Morgan fingerprint density at radius 2 is 1.71 bits per heavy atom. The van der Waals surface area contributed by atoms with Gasteiger partial charge in [0.05, 0.1) is 36.1 Å². The van der Waals surface area contributed by atoms with E-state index >= 15 is 0 Å². The molecule has 0 amide bonds. The quantitative estimate of drug-likeness (QED) is 0.539. The van der Waals surface area contributed by atoms with Crippen molar-refractivity contribution in [1.82, 2.24) is 4.57 Å². The molecule has 0 aliphatic carbocycles. The van der Waals surface area contributed by atoms with Gasteiger partial charge in [0.1, 0.15) is 5.75 Å². The van der Waals surface area contributed by atoms with E-state index in [2.05, 4.69) is 37.9 Å². The first kappa shape index (κ1) is 23.7. The number of hydrogen-bond acceptors (Lipinski definition) is 6. The Bertz CT molecular complexity index is 1440. The van der Waals surface area contributed by atoms with Crippen LogP contribution in [-0.4, -0.2) is 24.8 Å². The second kappa shape index (κ2) is 9.06. The Hall–Kier alpha value is -3.45. The van der Waals surface area contributed by atoms with Crippen molar-refractivity contribution < 1.29 is 14.3 Å². The van der Waals surface area contributed by atoms with Crippen molar-refractivity contribution in [2.45, 2.75) is 39.2 Å². The van der Waals surface area contributed by atoms with Crippen molar-refractivity contribution in [1.29, 1.82) is 0 Å². The maximum absolute atomic E-state index is 13.6. The molecule has 4 rings (SSSR count). The molecule has 0 bridgehead atoms. The van der Waals surface area contributed by atoms with Crippen LogP contribution in [0.5, 0.6) is 5.75 Å². The van der Waals surface area contributed by atoms with E-state index in [4.69, 9.17) is 9.47 Å². The van der Waals surface area contributed by atoms with Gasteiger partial charge in [0.25, 0.3) is 5.56 Å². The molecular weight excluding hydrogens is 448 g/mol. The second-order valence-corrected chi connectivity index (χ2v) is 10.2. The summed E-state index contributed by atoms with van der Waals surface area (Å²) in [6.45, 7) is 8.27. The van der Waals surface area contributed by atoms with E-state index in [0.717, 1.165) is 11.1 Å². The normalized spacial score (nSPS) is 16.2. The maximum Gasteiger partial charge on any atom is 0.338 e. The zero-order valence-electron chi connectivity index (χ0n) is 20.2. The average molecular weight is 477 g/mol. The molecule has 0 spiro atoms. The predicted molar refractivity (Wildman–Crippen MR) is 134 cm³/mol. The molecule has 1 aromatic heterocycles. The molecular formula is C27H28N2O4S. The van der Waals surface area contributed by atoms with Crippen molar-refractivity contribution in [3.8, 4) is 5.75 Å². The van der Waals surface area contributed by atoms with E-state index in [1.165, 1.54) is 24.0 Å². The zero-order chi connectivity index (χ0) is 24.6. The van der Waals surface area contributed by atoms with E-state index in [1.54, 1.807) is 18.6 Å². The van der Waals surface area contributed by atoms with Crippen LogP contribution >= 0.6 is 11.3 Å². The number of thiazole rings is 1. The van der Waals surface area contributed by atoms with Gasteiger partial charge in [0, 0.05) is 0 Å². The van der Waals surface area contributed by atoms with E-state index in [0.29, 0.717) is 26.4 Å². The first-order valence-corrected chi connectivity index (χ1v) is 11.8. The van der Waals surface area contributed by atoms with Crippen molar-refractivity contribution in [3.05, 3.63) is 96.2 Å². The van der Waals surface area contributed by atoms with E-state index in [1.807, 2.05) is 42.5 Å². The van der Waals surface area contributed by atoms with Crippen LogP contribution in [0.25, 0.3) is 6.08 Å². The van der Waals surface area contributed by atoms with Gasteiger partial charge in [-0.3, -0.25) is 9.36 Å². The third-order valence-electron chi connectivity index (χ3n) is 5.93. The van der Waals surface area contributed by atoms with Gasteiger partial charge in [-0.25, -0.2) is 9.79 Å². The highest BCUT2D eigenvalue weighted by molar-refractivity contribution is 7.07. The zero-order valence-corrected chi connectivity index (χ0v) is 21.0. The summed E-state index contributed by atoms with van der Waals surface area (Å²) in [7, 11) is 2.93. The summed E-state index contributed by atoms with van der Waals surface area (Å²) < 4.78 is 12.5. The summed E-state index contributed by atoms with van der Waals surface area (Å²) in [5.41, 5.74) is 3.68. The first-order chi connectivity index (χ1) is 16.1. The molecule has 7 heteroatoms. The van der Waals surface area contributed by atoms with Crippen LogP contribution in [0.3, 0.4) is 0 Å². The SMILES string of the molecule is COC(=O)C1=C(C)N=c2s/c(=C/c3ccc(C(C)(C)C)cc3)c(=O)n2[C@H]1c1ccc(OC)cc1. The Balaban J connectivity index is 1.88. The van der Waals surface area contributed by atoms with Gasteiger partial charge in [-0.05, 0) is 47.2 Å². The van der Waals surface area contributed by atoms with Gasteiger partial charge in [0.2, 0.25) is 0 Å². The Kier molecular flexibility index (Phi) is 6.32. The molecule has 2 aromatic carbocycles. The molecule has 1 aliphatic rings. The molecule has 0 unspecified atom stereocenters. The molecule has 6 nitrogen and oxygen atoms in total. The molecule has 0 fully saturated rings. The highest BCUT2D eigenvalue weighted by Gasteiger charge is 2.33. The molecule has 1 aliphatic heterocycles. The lowest BCUT2D eigenvalue weighted by Crippen LogP contribution is -2.39. The van der Waals surface area contributed by atoms with Gasteiger partial charge in [-0.15, -0.1) is 0 Å². The third kappa shape index (κ3) is 4.35. The number of nitrogens with zero attached hydrogens (tertiary/aromatic N) is 2. The number of carbonyl (C=O) groups is 1. The van der Waals surface area contributed by atoms with Gasteiger partial charge in [-0.1, -0.05) is 68.5 Å². The monoisotopic (exact) mass is 476 g/mol. The summed E-state index contributed by atoms with van der Waals surface area (Å²) in [5.74, 6) is 0.185. The van der Waals surface area contributed by atoms with Crippen molar-refractivity contribution in [2.75, 3.05) is 14.2 Å². The van der Waals surface area contributed by atoms with Crippen LogP contribution < -0.4 is 19.6 Å². The standard InChI is InChI=1S/C27H28N2O4S/c1-16-22(25(31)33-6)23(18-9-13-20(32-5)14-10-18)29-24(30)21(34-26(29)28-16)15-17-7-11-19(12-8-17)27(2,3)4/h7-15,23H,1-6H3/b21-15+/t23-/m0/s1. The molecule has 2 heterocycles. The van der Waals surface area contributed by atoms with E-state index in [9.17, 15) is 9.59 Å². The topological polar surface area (TPSA) is 69.9 Å². The van der Waals surface area contributed by atoms with Gasteiger partial charge < -0.3 is 9.47 Å². The third-order valence-corrected chi connectivity index (χ3v) is 6.92. The van der Waals surface area contributed by atoms with Crippen LogP contribution in [-0.2, 0) is 14.9 Å². The fourth-order valence-electron chi connectivity index (χ4n) is 4.02. The van der Waals surface area contributed by atoms with Gasteiger partial charge in [0.15, 0.2) is 4.80 Å². The largest absolute Gasteiger partial charge is 0.497 e. The maximum atomic E-state index is 13.6. The average Bonchev–Trinajstić information content (AvgIpc) is 3.12. The summed E-state index contributed by atoms with van der Waals surface area (Å²) in [4.78, 5) is 31.5. The molecule has 0 saturated carbocycles. The minimum Gasteiger partial charge on any atom is -0.497 e. The number of esters is 1. The molecule has 1 atom stereocenters. The fraction of sp³-hybridized carbons (Fsp3) is 0.296. The van der Waals surface area contributed by atoms with Crippen LogP contribution in [0.15, 0.2) is 69.6 Å². The van der Waals surface area contributed by atoms with Crippen LogP contribution in [0.1, 0.15) is 50.4 Å². The summed E-state index contributed by atoms with van der Waals surface area (Å²) in [6.07, 6.45) is 1.87. The summed E-state index contributed by atoms with van der Waals surface area (Å²) >= 11 is 1.31. The summed E-state index contributed by atoms with van der Waals surface area (Å²) in [5, 5.41) is 0. The number of benzene rings is 2. The molecule has 3 aromatic rings. The number of hydrogen-bond donors (Lipinski definition) is 0. The smallest absolute Gasteiger partial charge is 0.338 e. The van der Waals surface area contributed by atoms with Gasteiger partial charge >= 0.3 is 5.97 Å². The molecule has 0 radical (unpaired) electrons. The van der Waals surface area contributed by atoms with Crippen LogP contribution in [0.2, 0.25) is 0 Å². The minimum atomic E-state index is -0.639. The molecule has 176 valence electrons. The van der Waals surface area contributed by atoms with Gasteiger partial charge in [-0.2, -0.15) is 0 Å². The summed E-state index contributed by atoms with van der Waals surface area (Å²) in [6, 6.07) is 14.9. The minimum absolute atomic E-state index is 0.0536. The number of methoxy groups -OCH3 is 2. The Labute approximate surface area is 202 Å². The lowest BCUT2D eigenvalue weighted by molar-refractivity contribution is -0.136. The predicted octanol–water partition coefficient (Wildman–Crippen LogP) is 3.71. The van der Waals surface area contributed by atoms with Crippen molar-refractivity contribution in [3.63, 3.8) is 0 Å². The number of aromatic nitrogens is 1. The molecule has 34 heavy (non-hydrogen) atoms. The second-order valence-electron chi connectivity index (χ2n) is 9.22. The lowest BCUT2D eigenvalue weighted by atomic mass is 9.87. The van der Waals surface area contributed by atoms with E-state index < -0.39 is 12.0 Å². The Morgan fingerprint density at radius 1 is 1.06 bits per heavy atom. The first-order valence-electron chi connectivity index (χ1n) is 11.0. The lowest BCUT2D eigenvalue weighted by Gasteiger charge is -2.24. The number of fused-ring (bicyclic) bond motifs is 1. The number of rotatable bonds is 4. The Morgan fingerprint density at radius 3 is 2.26 bits per heavy atom. The highest BCUT2D eigenvalue weighted by atomic mass is 32.1. The number of allylic oxidation sites excluding steroid dienone is 1. The molecule has 0 saturated heterocycles.